The quantitative estimate of drug-likeness (QED) is 0.350. The van der Waals surface area contributed by atoms with Gasteiger partial charge in [-0.15, -0.1) is 0 Å². The summed E-state index contributed by atoms with van der Waals surface area (Å²) in [4.78, 5) is 4.67. The Hall–Kier alpha value is 0.359. The van der Waals surface area contributed by atoms with Crippen LogP contribution in [-0.2, 0) is 23.3 Å². The van der Waals surface area contributed by atoms with E-state index in [0.717, 1.165) is 51.9 Å². The van der Waals surface area contributed by atoms with Crippen molar-refractivity contribution in [3.8, 4) is 0 Å². The van der Waals surface area contributed by atoms with Gasteiger partial charge < -0.3 is 0 Å². The van der Waals surface area contributed by atoms with Gasteiger partial charge in [-0.05, 0) is 0 Å². The fourth-order valence-electron chi connectivity index (χ4n) is 2.37. The van der Waals surface area contributed by atoms with Crippen LogP contribution in [0.5, 0.6) is 0 Å². The Morgan fingerprint density at radius 1 is 0.667 bits per heavy atom. The first-order chi connectivity index (χ1) is 10.2. The summed E-state index contributed by atoms with van der Waals surface area (Å²) in [5.41, 5.74) is 0. The molecule has 0 aromatic heterocycles. The molecule has 0 spiro atoms. The molecule has 0 bridgehead atoms. The van der Waals surface area contributed by atoms with Gasteiger partial charge in [-0.1, -0.05) is 0 Å². The van der Waals surface area contributed by atoms with Crippen molar-refractivity contribution in [2.45, 2.75) is 79.7 Å². The van der Waals surface area contributed by atoms with Gasteiger partial charge in [0, 0.05) is 0 Å². The van der Waals surface area contributed by atoms with Gasteiger partial charge in [0.1, 0.15) is 0 Å². The van der Waals surface area contributed by atoms with Crippen LogP contribution in [0, 0.1) is 0 Å². The molecule has 0 fully saturated rings. The van der Waals surface area contributed by atoms with Gasteiger partial charge in [-0.25, -0.2) is 0 Å². The fraction of sp³-hybridized carbons (Fsp3) is 1.00. The fourth-order valence-corrected chi connectivity index (χ4v) is 3.13. The standard InChI is InChI=1S/2C8H18NO.Cu/c2*1-4-7-8(10)9(5-2)6-3;/h2*8H,4-7H2,1-3H3;/q2*-1;+2. The maximum absolute atomic E-state index is 5.93. The molecule has 0 aliphatic heterocycles. The van der Waals surface area contributed by atoms with Gasteiger partial charge in [0.2, 0.25) is 0 Å². The zero-order valence-electron chi connectivity index (χ0n) is 14.8. The molecule has 2 unspecified atom stereocenters. The maximum atomic E-state index is 5.93. The van der Waals surface area contributed by atoms with Crippen LogP contribution in [0.4, 0.5) is 0 Å². The van der Waals surface area contributed by atoms with E-state index in [0.29, 0.717) is 0 Å². The van der Waals surface area contributed by atoms with Crippen LogP contribution >= 0.6 is 0 Å². The Bertz CT molecular complexity index is 202. The molecule has 0 aliphatic rings. The van der Waals surface area contributed by atoms with Gasteiger partial charge >= 0.3 is 139 Å². The first-order valence-electron chi connectivity index (χ1n) is 8.56. The zero-order chi connectivity index (χ0) is 16.1. The average Bonchev–Trinajstić information content (AvgIpc) is 2.49. The van der Waals surface area contributed by atoms with Crippen molar-refractivity contribution in [1.82, 2.24) is 9.80 Å². The number of rotatable bonds is 14. The third-order valence-electron chi connectivity index (χ3n) is 3.73. The van der Waals surface area contributed by atoms with Gasteiger partial charge in [-0.2, -0.15) is 0 Å². The Morgan fingerprint density at radius 3 is 1.24 bits per heavy atom. The summed E-state index contributed by atoms with van der Waals surface area (Å²) in [6.45, 7) is 17.1. The molecule has 0 aromatic rings. The summed E-state index contributed by atoms with van der Waals surface area (Å²) in [6.07, 6.45) is 4.61. The third-order valence-corrected chi connectivity index (χ3v) is 4.43. The zero-order valence-corrected chi connectivity index (χ0v) is 15.8. The summed E-state index contributed by atoms with van der Waals surface area (Å²) < 4.78 is 11.9. The van der Waals surface area contributed by atoms with Crippen LogP contribution < -0.4 is 0 Å². The van der Waals surface area contributed by atoms with Crippen molar-refractivity contribution < 1.29 is 23.3 Å². The number of hydrogen-bond acceptors (Lipinski definition) is 4. The van der Waals surface area contributed by atoms with E-state index in [1.807, 2.05) is 0 Å². The molecule has 0 saturated carbocycles. The van der Waals surface area contributed by atoms with Crippen LogP contribution in [0.1, 0.15) is 67.2 Å². The monoisotopic (exact) mass is 351 g/mol. The summed E-state index contributed by atoms with van der Waals surface area (Å²) in [5, 5.41) is 0. The second-order valence-electron chi connectivity index (χ2n) is 5.12. The summed E-state index contributed by atoms with van der Waals surface area (Å²) in [7, 11) is 0. The minimum atomic E-state index is 0.143. The van der Waals surface area contributed by atoms with Gasteiger partial charge in [0.05, 0.1) is 0 Å². The Morgan fingerprint density at radius 2 is 1.00 bits per heavy atom. The number of hydrogen-bond donors (Lipinski definition) is 0. The van der Waals surface area contributed by atoms with E-state index in [4.69, 9.17) is 7.64 Å². The molecule has 21 heavy (non-hydrogen) atoms. The van der Waals surface area contributed by atoms with Gasteiger partial charge in [-0.3, -0.25) is 0 Å². The van der Waals surface area contributed by atoms with Gasteiger partial charge in [0.15, 0.2) is 0 Å². The SMILES string of the molecule is CCCC([O][Cu][O]C(CCC)N(CC)CC)N(CC)CC. The molecule has 4 nitrogen and oxygen atoms in total. The molecule has 0 N–H and O–H groups in total. The van der Waals surface area contributed by atoms with E-state index in [9.17, 15) is 0 Å². The molecular formula is C16H36CuN2O2. The topological polar surface area (TPSA) is 24.9 Å². The molecule has 133 valence electrons. The molecule has 0 aromatic carbocycles. The summed E-state index contributed by atoms with van der Waals surface area (Å²) >= 11 is 1.28. The summed E-state index contributed by atoms with van der Waals surface area (Å²) in [6, 6.07) is 0. The molecule has 0 amide bonds. The first kappa shape index (κ1) is 21.4. The van der Waals surface area contributed by atoms with Crippen molar-refractivity contribution in [1.29, 1.82) is 0 Å². The van der Waals surface area contributed by atoms with Gasteiger partial charge in [0.25, 0.3) is 0 Å². The number of nitrogens with zero attached hydrogens (tertiary/aromatic N) is 2. The Labute approximate surface area is 139 Å². The van der Waals surface area contributed by atoms with E-state index in [1.165, 1.54) is 15.6 Å². The van der Waals surface area contributed by atoms with Crippen molar-refractivity contribution in [2.75, 3.05) is 26.2 Å². The molecule has 0 radical (unpaired) electrons. The molecular weight excluding hydrogens is 316 g/mol. The van der Waals surface area contributed by atoms with E-state index in [1.54, 1.807) is 0 Å². The van der Waals surface area contributed by atoms with E-state index in [2.05, 4.69) is 51.3 Å². The predicted molar refractivity (Wildman–Crippen MR) is 85.4 cm³/mol. The molecule has 0 saturated heterocycles. The van der Waals surface area contributed by atoms with Crippen LogP contribution in [0.3, 0.4) is 0 Å². The summed E-state index contributed by atoms with van der Waals surface area (Å²) in [5.74, 6) is 0. The second-order valence-corrected chi connectivity index (χ2v) is 5.72. The van der Waals surface area contributed by atoms with Crippen molar-refractivity contribution in [3.05, 3.63) is 0 Å². The Balaban J connectivity index is 4.36. The van der Waals surface area contributed by atoms with E-state index < -0.39 is 0 Å². The van der Waals surface area contributed by atoms with Crippen molar-refractivity contribution in [3.63, 3.8) is 0 Å². The Kier molecular flexibility index (Phi) is 14.2. The molecule has 0 aliphatic carbocycles. The van der Waals surface area contributed by atoms with E-state index in [-0.39, 0.29) is 12.5 Å². The molecule has 2 atom stereocenters. The second kappa shape index (κ2) is 14.0. The molecule has 5 heteroatoms. The van der Waals surface area contributed by atoms with Crippen molar-refractivity contribution in [2.24, 2.45) is 0 Å². The van der Waals surface area contributed by atoms with Crippen LogP contribution in [0.2, 0.25) is 0 Å². The third kappa shape index (κ3) is 8.53. The van der Waals surface area contributed by atoms with Crippen molar-refractivity contribution >= 4 is 0 Å². The molecule has 0 heterocycles. The molecule has 0 rings (SSSR count). The van der Waals surface area contributed by atoms with Crippen LogP contribution in [0.25, 0.3) is 0 Å². The minimum absolute atomic E-state index is 0.143. The van der Waals surface area contributed by atoms with Crippen LogP contribution in [-0.4, -0.2) is 48.4 Å². The first-order valence-corrected chi connectivity index (χ1v) is 9.33. The average molecular weight is 352 g/mol. The van der Waals surface area contributed by atoms with Crippen LogP contribution in [0.15, 0.2) is 0 Å². The predicted octanol–water partition coefficient (Wildman–Crippen LogP) is 3.87. The normalized spacial score (nSPS) is 15.0. The van der Waals surface area contributed by atoms with E-state index >= 15 is 0 Å².